The maximum Gasteiger partial charge on any atom is 0.155 e. The van der Waals surface area contributed by atoms with Crippen molar-refractivity contribution in [1.29, 1.82) is 5.26 Å². The normalized spacial score (nSPS) is 16.6. The van der Waals surface area contributed by atoms with Crippen LogP contribution in [0.25, 0.3) is 10.9 Å². The lowest BCUT2D eigenvalue weighted by Crippen LogP contribution is -2.56. The Hall–Kier alpha value is -2.29. The number of aromatic nitrogens is 3. The number of pyridine rings is 1. The van der Waals surface area contributed by atoms with Gasteiger partial charge in [0.25, 0.3) is 0 Å². The van der Waals surface area contributed by atoms with Crippen LogP contribution in [0.3, 0.4) is 0 Å². The van der Waals surface area contributed by atoms with E-state index in [0.29, 0.717) is 18.9 Å². The fourth-order valence-electron chi connectivity index (χ4n) is 2.76. The molecule has 0 atom stereocenters. The quantitative estimate of drug-likeness (QED) is 0.866. The Balaban J connectivity index is 1.99. The second-order valence-electron chi connectivity index (χ2n) is 5.63. The zero-order valence-corrected chi connectivity index (χ0v) is 12.1. The molecule has 108 valence electrons. The number of halogens is 1. The predicted molar refractivity (Wildman–Crippen MR) is 77.7 cm³/mol. The number of nitriles is 1. The maximum atomic E-state index is 12.6. The summed E-state index contributed by atoms with van der Waals surface area (Å²) < 4.78 is 12.6. The summed E-state index contributed by atoms with van der Waals surface area (Å²) in [5.74, 6) is 1.45. The highest BCUT2D eigenvalue weighted by atomic mass is 19.1. The molecule has 5 nitrogen and oxygen atoms in total. The predicted octanol–water partition coefficient (Wildman–Crippen LogP) is 2.33. The summed E-state index contributed by atoms with van der Waals surface area (Å²) >= 11 is 0. The third kappa shape index (κ3) is 2.29. The van der Waals surface area contributed by atoms with Gasteiger partial charge in [-0.1, -0.05) is 0 Å². The van der Waals surface area contributed by atoms with Gasteiger partial charge in [-0.05, 0) is 26.3 Å². The third-order valence-corrected chi connectivity index (χ3v) is 3.89. The van der Waals surface area contributed by atoms with Gasteiger partial charge in [0.15, 0.2) is 5.82 Å². The molecule has 0 amide bonds. The average Bonchev–Trinajstić information content (AvgIpc) is 2.42. The number of aryl methyl sites for hydroxylation is 2. The van der Waals surface area contributed by atoms with Crippen LogP contribution in [0.2, 0.25) is 0 Å². The largest absolute Gasteiger partial charge is 0.351 e. The van der Waals surface area contributed by atoms with E-state index in [1.165, 1.54) is 0 Å². The van der Waals surface area contributed by atoms with Crippen molar-refractivity contribution in [2.75, 3.05) is 24.7 Å². The molecule has 0 N–H and O–H groups in total. The fraction of sp³-hybridized carbons (Fsp3) is 0.467. The second kappa shape index (κ2) is 4.92. The Bertz CT molecular complexity index is 731. The van der Waals surface area contributed by atoms with Gasteiger partial charge in [0.2, 0.25) is 0 Å². The minimum atomic E-state index is -0.589. The highest BCUT2D eigenvalue weighted by Crippen LogP contribution is 2.38. The first-order chi connectivity index (χ1) is 10.1. The number of hydrogen-bond acceptors (Lipinski definition) is 5. The lowest BCUT2D eigenvalue weighted by atomic mass is 9.78. The van der Waals surface area contributed by atoms with Crippen molar-refractivity contribution < 1.29 is 4.39 Å². The van der Waals surface area contributed by atoms with Crippen LogP contribution >= 0.6 is 0 Å². The zero-order chi connectivity index (χ0) is 15.0. The average molecular weight is 285 g/mol. The van der Waals surface area contributed by atoms with Gasteiger partial charge in [-0.2, -0.15) is 5.26 Å². The Kier molecular flexibility index (Phi) is 3.20. The summed E-state index contributed by atoms with van der Waals surface area (Å²) in [6, 6.07) is 4.19. The Labute approximate surface area is 122 Å². The van der Waals surface area contributed by atoms with Crippen molar-refractivity contribution in [2.24, 2.45) is 5.41 Å². The van der Waals surface area contributed by atoms with E-state index in [1.807, 2.05) is 24.8 Å². The summed E-state index contributed by atoms with van der Waals surface area (Å²) in [5.41, 5.74) is 1.08. The van der Waals surface area contributed by atoms with Crippen molar-refractivity contribution in [3.63, 3.8) is 0 Å². The molecule has 1 saturated heterocycles. The van der Waals surface area contributed by atoms with E-state index in [-0.39, 0.29) is 6.42 Å². The number of hydrogen-bond donors (Lipinski definition) is 0. The summed E-state index contributed by atoms with van der Waals surface area (Å²) in [6.07, 6.45) is 2.06. The molecule has 3 rings (SSSR count). The van der Waals surface area contributed by atoms with E-state index < -0.39 is 12.1 Å². The van der Waals surface area contributed by atoms with E-state index in [1.54, 1.807) is 6.20 Å². The number of rotatable bonds is 3. The zero-order valence-electron chi connectivity index (χ0n) is 12.1. The molecule has 0 saturated carbocycles. The first kappa shape index (κ1) is 13.7. The lowest BCUT2D eigenvalue weighted by molar-refractivity contribution is 0.248. The van der Waals surface area contributed by atoms with Gasteiger partial charge in [0.05, 0.1) is 18.2 Å². The molecule has 0 aromatic carbocycles. The van der Waals surface area contributed by atoms with Gasteiger partial charge in [0.1, 0.15) is 11.3 Å². The number of nitrogens with zero attached hydrogens (tertiary/aromatic N) is 5. The molecule has 0 radical (unpaired) electrons. The molecular weight excluding hydrogens is 269 g/mol. The van der Waals surface area contributed by atoms with E-state index in [4.69, 9.17) is 0 Å². The Morgan fingerprint density at radius 3 is 2.81 bits per heavy atom. The summed E-state index contributed by atoms with van der Waals surface area (Å²) in [7, 11) is 0. The molecule has 2 aromatic rings. The van der Waals surface area contributed by atoms with Crippen LogP contribution in [-0.4, -0.2) is 34.7 Å². The first-order valence-electron chi connectivity index (χ1n) is 6.90. The highest BCUT2D eigenvalue weighted by molar-refractivity contribution is 5.89. The van der Waals surface area contributed by atoms with Gasteiger partial charge >= 0.3 is 0 Å². The smallest absolute Gasteiger partial charge is 0.155 e. The molecule has 1 aliphatic heterocycles. The minimum absolute atomic E-state index is 0.276. The summed E-state index contributed by atoms with van der Waals surface area (Å²) in [4.78, 5) is 15.2. The van der Waals surface area contributed by atoms with Crippen molar-refractivity contribution in [3.8, 4) is 6.07 Å². The van der Waals surface area contributed by atoms with Gasteiger partial charge in [0, 0.05) is 30.4 Å². The van der Waals surface area contributed by atoms with Crippen molar-refractivity contribution in [2.45, 2.75) is 20.3 Å². The highest BCUT2D eigenvalue weighted by Gasteiger charge is 2.44. The van der Waals surface area contributed by atoms with Gasteiger partial charge < -0.3 is 4.90 Å². The van der Waals surface area contributed by atoms with Crippen LogP contribution in [0.15, 0.2) is 12.3 Å². The van der Waals surface area contributed by atoms with Crippen molar-refractivity contribution >= 4 is 16.7 Å². The second-order valence-corrected chi connectivity index (χ2v) is 5.63. The van der Waals surface area contributed by atoms with Crippen LogP contribution in [0, 0.1) is 30.6 Å². The molecule has 0 unspecified atom stereocenters. The van der Waals surface area contributed by atoms with Crippen LogP contribution in [0.1, 0.15) is 17.9 Å². The first-order valence-corrected chi connectivity index (χ1v) is 6.90. The van der Waals surface area contributed by atoms with Crippen molar-refractivity contribution in [3.05, 3.63) is 23.8 Å². The van der Waals surface area contributed by atoms with E-state index in [0.717, 1.165) is 22.4 Å². The number of anilines is 1. The molecule has 6 heteroatoms. The van der Waals surface area contributed by atoms with Gasteiger partial charge in [-0.25, -0.2) is 15.0 Å². The Morgan fingerprint density at radius 2 is 2.14 bits per heavy atom. The molecule has 1 fully saturated rings. The topological polar surface area (TPSA) is 65.7 Å². The molecular formula is C15H16FN5. The molecule has 3 heterocycles. The molecule has 0 spiro atoms. The van der Waals surface area contributed by atoms with Crippen molar-refractivity contribution in [1.82, 2.24) is 15.0 Å². The van der Waals surface area contributed by atoms with Gasteiger partial charge in [-0.15, -0.1) is 0 Å². The van der Waals surface area contributed by atoms with Gasteiger partial charge in [-0.3, -0.25) is 4.39 Å². The fourth-order valence-corrected chi connectivity index (χ4v) is 2.76. The molecule has 1 aliphatic rings. The number of alkyl halides is 1. The standard InChI is InChI=1S/C15H16FN5/c1-10-5-12-6-18-11(2)20-13(12)14(19-10)21-8-15(7-17,9-21)3-4-16/h5-6H,3-4,8-9H2,1-2H3. The lowest BCUT2D eigenvalue weighted by Gasteiger charge is -2.46. The number of fused-ring (bicyclic) bond motifs is 1. The maximum absolute atomic E-state index is 12.6. The third-order valence-electron chi connectivity index (χ3n) is 3.89. The summed E-state index contributed by atoms with van der Waals surface area (Å²) in [5, 5.41) is 10.2. The molecule has 0 aliphatic carbocycles. The monoisotopic (exact) mass is 285 g/mol. The van der Waals surface area contributed by atoms with E-state index in [2.05, 4.69) is 21.0 Å². The molecule has 2 aromatic heterocycles. The molecule has 0 bridgehead atoms. The minimum Gasteiger partial charge on any atom is -0.351 e. The van der Waals surface area contributed by atoms with Crippen LogP contribution < -0.4 is 4.90 Å². The SMILES string of the molecule is Cc1cc2cnc(C)nc2c(N2CC(C#N)(CCF)C2)n1. The van der Waals surface area contributed by atoms with Crippen LogP contribution in [-0.2, 0) is 0 Å². The van der Waals surface area contributed by atoms with Crippen LogP contribution in [0.4, 0.5) is 10.2 Å². The summed E-state index contributed by atoms with van der Waals surface area (Å²) in [6.45, 7) is 4.29. The van der Waals surface area contributed by atoms with E-state index >= 15 is 0 Å². The Morgan fingerprint density at radius 1 is 1.38 bits per heavy atom. The van der Waals surface area contributed by atoms with Crippen LogP contribution in [0.5, 0.6) is 0 Å². The molecule has 21 heavy (non-hydrogen) atoms. The van der Waals surface area contributed by atoms with E-state index in [9.17, 15) is 9.65 Å².